The highest BCUT2D eigenvalue weighted by atomic mass is 79.9. The van der Waals surface area contributed by atoms with Crippen LogP contribution < -0.4 is 10.9 Å². The fourth-order valence-electron chi connectivity index (χ4n) is 3.38. The summed E-state index contributed by atoms with van der Waals surface area (Å²) in [4.78, 5) is 17.5. The van der Waals surface area contributed by atoms with E-state index in [0.717, 1.165) is 4.47 Å². The molecule has 1 aliphatic heterocycles. The number of halogens is 1. The summed E-state index contributed by atoms with van der Waals surface area (Å²) < 4.78 is 7.68. The smallest absolute Gasteiger partial charge is 0.265 e. The number of hydrogen-bond donors (Lipinski definition) is 4. The van der Waals surface area contributed by atoms with Gasteiger partial charge in [0, 0.05) is 10.2 Å². The third kappa shape index (κ3) is 3.79. The van der Waals surface area contributed by atoms with Gasteiger partial charge in [0.1, 0.15) is 24.1 Å². The van der Waals surface area contributed by atoms with Gasteiger partial charge in [-0.3, -0.25) is 9.36 Å². The van der Waals surface area contributed by atoms with E-state index in [2.05, 4.69) is 26.2 Å². The van der Waals surface area contributed by atoms with Gasteiger partial charge in [0.25, 0.3) is 5.56 Å². The van der Waals surface area contributed by atoms with E-state index >= 15 is 0 Å². The van der Waals surface area contributed by atoms with E-state index in [-0.39, 0.29) is 12.2 Å². The van der Waals surface area contributed by atoms with Crippen molar-refractivity contribution >= 4 is 32.5 Å². The summed E-state index contributed by atoms with van der Waals surface area (Å²) >= 11 is 3.39. The molecule has 152 valence electrons. The average molecular weight is 462 g/mol. The molecular weight excluding hydrogens is 442 g/mol. The second kappa shape index (κ2) is 7.85. The number of anilines is 1. The van der Waals surface area contributed by atoms with Gasteiger partial charge in [-0.2, -0.15) is 0 Å². The number of aliphatic hydroxyl groups is 3. The van der Waals surface area contributed by atoms with Crippen LogP contribution in [0.25, 0.3) is 16.6 Å². The molecule has 4 rings (SSSR count). The standard InChI is InChI=1S/C20H20BrN3O5/c1-10-22-15-7-2-11(21)8-14(15)20(28)24(10)13-5-3-12(4-6-13)23-19-18(27)17(26)16(25)9-29-19/h2-8,16-19,23,25-27H,9H2,1H3/t16-,17-,18+,19+/m1/s1. The molecule has 0 amide bonds. The number of rotatable bonds is 3. The van der Waals surface area contributed by atoms with Crippen molar-refractivity contribution in [3.05, 3.63) is 63.1 Å². The topological polar surface area (TPSA) is 117 Å². The molecular formula is C20H20BrN3O5. The Hall–Kier alpha value is -2.30. The number of benzene rings is 2. The maximum atomic E-state index is 13.0. The van der Waals surface area contributed by atoms with Crippen molar-refractivity contribution in [1.82, 2.24) is 9.55 Å². The lowest BCUT2D eigenvalue weighted by Gasteiger charge is -2.35. The van der Waals surface area contributed by atoms with E-state index in [9.17, 15) is 20.1 Å². The van der Waals surface area contributed by atoms with E-state index in [1.54, 1.807) is 43.3 Å². The van der Waals surface area contributed by atoms with Gasteiger partial charge in [-0.05, 0) is 49.4 Å². The van der Waals surface area contributed by atoms with Gasteiger partial charge >= 0.3 is 0 Å². The summed E-state index contributed by atoms with van der Waals surface area (Å²) in [6.45, 7) is 1.69. The van der Waals surface area contributed by atoms with Crippen LogP contribution >= 0.6 is 15.9 Å². The van der Waals surface area contributed by atoms with Crippen LogP contribution in [-0.2, 0) is 4.74 Å². The van der Waals surface area contributed by atoms with Crippen LogP contribution in [0.5, 0.6) is 0 Å². The van der Waals surface area contributed by atoms with Gasteiger partial charge in [-0.25, -0.2) is 4.98 Å². The zero-order valence-corrected chi connectivity index (χ0v) is 17.1. The van der Waals surface area contributed by atoms with Gasteiger partial charge in [0.05, 0.1) is 23.2 Å². The number of nitrogens with zero attached hydrogens (tertiary/aromatic N) is 2. The van der Waals surface area contributed by atoms with Crippen molar-refractivity contribution in [2.45, 2.75) is 31.5 Å². The van der Waals surface area contributed by atoms with Crippen LogP contribution in [0.1, 0.15) is 5.82 Å². The van der Waals surface area contributed by atoms with Gasteiger partial charge < -0.3 is 25.4 Å². The Bertz CT molecular complexity index is 1100. The largest absolute Gasteiger partial charge is 0.388 e. The molecule has 0 bridgehead atoms. The van der Waals surface area contributed by atoms with Gasteiger partial charge in [-0.15, -0.1) is 0 Å². The first-order valence-electron chi connectivity index (χ1n) is 9.07. The maximum Gasteiger partial charge on any atom is 0.265 e. The van der Waals surface area contributed by atoms with E-state index < -0.39 is 24.5 Å². The summed E-state index contributed by atoms with van der Waals surface area (Å²) in [5, 5.41) is 32.8. The summed E-state index contributed by atoms with van der Waals surface area (Å²) in [5.74, 6) is 0.564. The third-order valence-corrected chi connectivity index (χ3v) is 5.43. The highest BCUT2D eigenvalue weighted by Gasteiger charge is 2.37. The van der Waals surface area contributed by atoms with Crippen molar-refractivity contribution in [2.24, 2.45) is 0 Å². The molecule has 4 N–H and O–H groups in total. The number of hydrogen-bond acceptors (Lipinski definition) is 7. The summed E-state index contributed by atoms with van der Waals surface area (Å²) in [7, 11) is 0. The molecule has 0 radical (unpaired) electrons. The quantitative estimate of drug-likeness (QED) is 0.464. The molecule has 1 aliphatic rings. The maximum absolute atomic E-state index is 13.0. The Labute approximate surface area is 174 Å². The lowest BCUT2D eigenvalue weighted by atomic mass is 10.0. The molecule has 2 heterocycles. The van der Waals surface area contributed by atoms with Crippen LogP contribution in [0.4, 0.5) is 5.69 Å². The Morgan fingerprint density at radius 3 is 2.59 bits per heavy atom. The summed E-state index contributed by atoms with van der Waals surface area (Å²) in [5.41, 5.74) is 1.74. The van der Waals surface area contributed by atoms with Crippen molar-refractivity contribution in [2.75, 3.05) is 11.9 Å². The fourth-order valence-corrected chi connectivity index (χ4v) is 3.74. The molecule has 1 aromatic heterocycles. The minimum absolute atomic E-state index is 0.0825. The molecule has 29 heavy (non-hydrogen) atoms. The molecule has 1 saturated heterocycles. The van der Waals surface area contributed by atoms with Crippen molar-refractivity contribution in [3.8, 4) is 5.69 Å². The molecule has 0 spiro atoms. The van der Waals surface area contributed by atoms with Gasteiger partial charge in [-0.1, -0.05) is 15.9 Å². The summed E-state index contributed by atoms with van der Waals surface area (Å²) in [6.07, 6.45) is -4.54. The predicted octanol–water partition coefficient (Wildman–Crippen LogP) is 1.31. The average Bonchev–Trinajstić information content (AvgIpc) is 2.70. The first kappa shape index (κ1) is 20.0. The molecule has 9 heteroatoms. The van der Waals surface area contributed by atoms with Gasteiger partial charge in [0.2, 0.25) is 0 Å². The van der Waals surface area contributed by atoms with E-state index in [0.29, 0.717) is 28.1 Å². The van der Waals surface area contributed by atoms with E-state index in [4.69, 9.17) is 4.74 Å². The van der Waals surface area contributed by atoms with E-state index in [1.807, 2.05) is 6.07 Å². The lowest BCUT2D eigenvalue weighted by molar-refractivity contribution is -0.178. The first-order chi connectivity index (χ1) is 13.8. The van der Waals surface area contributed by atoms with Crippen LogP contribution in [0.3, 0.4) is 0 Å². The van der Waals surface area contributed by atoms with Crippen molar-refractivity contribution in [3.63, 3.8) is 0 Å². The number of aromatic nitrogens is 2. The molecule has 1 fully saturated rings. The molecule has 0 aliphatic carbocycles. The Morgan fingerprint density at radius 2 is 1.86 bits per heavy atom. The van der Waals surface area contributed by atoms with Crippen molar-refractivity contribution in [1.29, 1.82) is 0 Å². The Balaban J connectivity index is 1.62. The second-order valence-electron chi connectivity index (χ2n) is 6.95. The molecule has 8 nitrogen and oxygen atoms in total. The zero-order chi connectivity index (χ0) is 20.7. The first-order valence-corrected chi connectivity index (χ1v) is 9.86. The SMILES string of the molecule is Cc1nc2ccc(Br)cc2c(=O)n1-c1ccc(N[C@H]2OC[C@@H](O)[C@@H](O)[C@@H]2O)cc1. The molecule has 0 unspecified atom stereocenters. The highest BCUT2D eigenvalue weighted by Crippen LogP contribution is 2.21. The molecule has 2 aromatic carbocycles. The van der Waals surface area contributed by atoms with Crippen LogP contribution in [-0.4, -0.2) is 56.0 Å². The molecule has 3 aromatic rings. The fraction of sp³-hybridized carbons (Fsp3) is 0.300. The summed E-state index contributed by atoms with van der Waals surface area (Å²) in [6, 6.07) is 12.4. The number of fused-ring (bicyclic) bond motifs is 1. The molecule has 4 atom stereocenters. The van der Waals surface area contributed by atoms with Gasteiger partial charge in [0.15, 0.2) is 6.23 Å². The highest BCUT2D eigenvalue weighted by molar-refractivity contribution is 9.10. The monoisotopic (exact) mass is 461 g/mol. The van der Waals surface area contributed by atoms with Crippen LogP contribution in [0, 0.1) is 6.92 Å². The molecule has 0 saturated carbocycles. The minimum atomic E-state index is -1.29. The van der Waals surface area contributed by atoms with E-state index in [1.165, 1.54) is 4.57 Å². The van der Waals surface area contributed by atoms with Crippen molar-refractivity contribution < 1.29 is 20.1 Å². The third-order valence-electron chi connectivity index (χ3n) is 4.93. The number of aryl methyl sites for hydroxylation is 1. The second-order valence-corrected chi connectivity index (χ2v) is 7.87. The van der Waals surface area contributed by atoms with Crippen LogP contribution in [0.15, 0.2) is 51.7 Å². The normalized spacial score (nSPS) is 24.6. The Kier molecular flexibility index (Phi) is 5.41. The minimum Gasteiger partial charge on any atom is -0.388 e. The number of aliphatic hydroxyl groups excluding tert-OH is 3. The number of ether oxygens (including phenoxy) is 1. The number of nitrogens with one attached hydrogen (secondary N) is 1. The predicted molar refractivity (Wildman–Crippen MR) is 111 cm³/mol. The van der Waals surface area contributed by atoms with Crippen LogP contribution in [0.2, 0.25) is 0 Å². The lowest BCUT2D eigenvalue weighted by Crippen LogP contribution is -2.55. The Morgan fingerprint density at radius 1 is 1.14 bits per heavy atom. The zero-order valence-electron chi connectivity index (χ0n) is 15.5.